The van der Waals surface area contributed by atoms with Gasteiger partial charge in [-0.05, 0) is 12.2 Å². The third kappa shape index (κ3) is 1.32. The van der Waals surface area contributed by atoms with Crippen molar-refractivity contribution in [3.8, 4) is 0 Å². The third-order valence-corrected chi connectivity index (χ3v) is 3.27. The second-order valence-corrected chi connectivity index (χ2v) is 4.07. The first-order chi connectivity index (χ1) is 5.81. The summed E-state index contributed by atoms with van der Waals surface area (Å²) < 4.78 is 0. The van der Waals surface area contributed by atoms with Gasteiger partial charge < -0.3 is 5.11 Å². The molecule has 0 bridgehead atoms. The van der Waals surface area contributed by atoms with E-state index < -0.39 is 5.60 Å². The minimum atomic E-state index is -0.675. The molecular formula is C8H10N2OS. The first kappa shape index (κ1) is 8.01. The lowest BCUT2D eigenvalue weighted by molar-refractivity contribution is 0.0650. The summed E-state index contributed by atoms with van der Waals surface area (Å²) in [6.07, 6.45) is 5.68. The molecule has 0 radical (unpaired) electrons. The van der Waals surface area contributed by atoms with Crippen molar-refractivity contribution >= 4 is 11.8 Å². The molecule has 0 aromatic carbocycles. The van der Waals surface area contributed by atoms with Crippen molar-refractivity contribution in [3.05, 3.63) is 24.3 Å². The monoisotopic (exact) mass is 182 g/mol. The molecule has 2 heterocycles. The highest BCUT2D eigenvalue weighted by atomic mass is 32.2. The van der Waals surface area contributed by atoms with Crippen molar-refractivity contribution in [3.63, 3.8) is 0 Å². The summed E-state index contributed by atoms with van der Waals surface area (Å²) in [4.78, 5) is 7.79. The van der Waals surface area contributed by atoms with Gasteiger partial charge in [0, 0.05) is 23.7 Å². The van der Waals surface area contributed by atoms with Crippen LogP contribution in [-0.4, -0.2) is 26.6 Å². The van der Waals surface area contributed by atoms with Gasteiger partial charge in [0.25, 0.3) is 0 Å². The molecule has 1 atom stereocenters. The van der Waals surface area contributed by atoms with Crippen molar-refractivity contribution in [1.29, 1.82) is 0 Å². The Morgan fingerprint density at radius 1 is 1.42 bits per heavy atom. The van der Waals surface area contributed by atoms with E-state index in [1.165, 1.54) is 6.33 Å². The Kier molecular flexibility index (Phi) is 2.02. The highest BCUT2D eigenvalue weighted by molar-refractivity contribution is 7.99. The van der Waals surface area contributed by atoms with Crippen molar-refractivity contribution in [2.45, 2.75) is 12.0 Å². The van der Waals surface area contributed by atoms with Crippen LogP contribution in [0.2, 0.25) is 0 Å². The van der Waals surface area contributed by atoms with Gasteiger partial charge in [-0.15, -0.1) is 0 Å². The first-order valence-corrected chi connectivity index (χ1v) is 5.02. The molecule has 1 aliphatic heterocycles. The molecule has 0 amide bonds. The second-order valence-electron chi connectivity index (χ2n) is 2.96. The Balaban J connectivity index is 2.29. The van der Waals surface area contributed by atoms with Crippen molar-refractivity contribution < 1.29 is 5.11 Å². The van der Waals surface area contributed by atoms with Gasteiger partial charge in [0.1, 0.15) is 11.9 Å². The molecule has 1 aromatic heterocycles. The van der Waals surface area contributed by atoms with Crippen LogP contribution in [0.5, 0.6) is 0 Å². The van der Waals surface area contributed by atoms with E-state index in [0.717, 1.165) is 23.5 Å². The molecule has 4 heteroatoms. The van der Waals surface area contributed by atoms with E-state index >= 15 is 0 Å². The van der Waals surface area contributed by atoms with Crippen molar-refractivity contribution in [2.24, 2.45) is 0 Å². The fourth-order valence-corrected chi connectivity index (χ4v) is 2.60. The number of hydrogen-bond acceptors (Lipinski definition) is 4. The highest BCUT2D eigenvalue weighted by Gasteiger charge is 2.33. The van der Waals surface area contributed by atoms with Gasteiger partial charge in [-0.25, -0.2) is 9.97 Å². The van der Waals surface area contributed by atoms with E-state index in [1.54, 1.807) is 24.2 Å². The molecule has 1 saturated heterocycles. The van der Waals surface area contributed by atoms with Gasteiger partial charge in [-0.3, -0.25) is 0 Å². The molecule has 3 nitrogen and oxygen atoms in total. The molecule has 0 aliphatic carbocycles. The molecule has 1 aliphatic rings. The molecule has 1 unspecified atom stereocenters. The number of aliphatic hydroxyl groups is 1. The molecular weight excluding hydrogens is 172 g/mol. The Morgan fingerprint density at radius 2 is 2.17 bits per heavy atom. The number of hydrogen-bond donors (Lipinski definition) is 1. The third-order valence-electron chi connectivity index (χ3n) is 2.10. The molecule has 1 aromatic rings. The minimum Gasteiger partial charge on any atom is -0.384 e. The average Bonchev–Trinajstić information content (AvgIpc) is 2.55. The van der Waals surface area contributed by atoms with E-state index in [0.29, 0.717) is 0 Å². The predicted octanol–water partition coefficient (Wildman–Crippen LogP) is 0.801. The minimum absolute atomic E-state index is 0.675. The molecule has 1 N–H and O–H groups in total. The smallest absolute Gasteiger partial charge is 0.115 e. The van der Waals surface area contributed by atoms with Gasteiger partial charge >= 0.3 is 0 Å². The van der Waals surface area contributed by atoms with Crippen LogP contribution >= 0.6 is 11.8 Å². The lowest BCUT2D eigenvalue weighted by Crippen LogP contribution is -2.24. The zero-order valence-corrected chi connectivity index (χ0v) is 7.42. The fourth-order valence-electron chi connectivity index (χ4n) is 1.32. The molecule has 0 spiro atoms. The van der Waals surface area contributed by atoms with E-state index in [1.807, 2.05) is 0 Å². The van der Waals surface area contributed by atoms with E-state index in [4.69, 9.17) is 0 Å². The van der Waals surface area contributed by atoms with Crippen LogP contribution < -0.4 is 0 Å². The quantitative estimate of drug-likeness (QED) is 0.698. The van der Waals surface area contributed by atoms with Gasteiger partial charge in [-0.1, -0.05) is 0 Å². The maximum Gasteiger partial charge on any atom is 0.115 e. The van der Waals surface area contributed by atoms with Gasteiger partial charge in [0.2, 0.25) is 0 Å². The second kappa shape index (κ2) is 3.03. The van der Waals surface area contributed by atoms with Crippen molar-refractivity contribution in [1.82, 2.24) is 9.97 Å². The Morgan fingerprint density at radius 3 is 2.75 bits per heavy atom. The van der Waals surface area contributed by atoms with Crippen LogP contribution in [0, 0.1) is 0 Å². The van der Waals surface area contributed by atoms with Crippen LogP contribution in [0.4, 0.5) is 0 Å². The van der Waals surface area contributed by atoms with Crippen LogP contribution in [0.1, 0.15) is 12.0 Å². The predicted molar refractivity (Wildman–Crippen MR) is 47.9 cm³/mol. The normalized spacial score (nSPS) is 29.1. The van der Waals surface area contributed by atoms with Gasteiger partial charge in [0.05, 0.1) is 0 Å². The lowest BCUT2D eigenvalue weighted by atomic mass is 9.96. The number of nitrogens with zero attached hydrogens (tertiary/aromatic N) is 2. The lowest BCUT2D eigenvalue weighted by Gasteiger charge is -2.20. The summed E-state index contributed by atoms with van der Waals surface area (Å²) in [5.41, 5.74) is 0.168. The molecule has 0 saturated carbocycles. The fraction of sp³-hybridized carbons (Fsp3) is 0.500. The summed E-state index contributed by atoms with van der Waals surface area (Å²) in [5, 5.41) is 10.1. The highest BCUT2D eigenvalue weighted by Crippen LogP contribution is 2.35. The number of thioether (sulfide) groups is 1. The summed E-state index contributed by atoms with van der Waals surface area (Å²) in [5.74, 6) is 1.78. The standard InChI is InChI=1S/C8H10N2OS/c11-8(1-2-12-5-8)7-3-9-6-10-4-7/h3-4,6,11H,1-2,5H2. The summed E-state index contributed by atoms with van der Waals surface area (Å²) >= 11 is 1.77. The van der Waals surface area contributed by atoms with Crippen molar-refractivity contribution in [2.75, 3.05) is 11.5 Å². The van der Waals surface area contributed by atoms with Gasteiger partial charge in [-0.2, -0.15) is 11.8 Å². The SMILES string of the molecule is OC1(c2cncnc2)CCSC1. The van der Waals surface area contributed by atoms with Crippen LogP contribution in [0.3, 0.4) is 0 Å². The van der Waals surface area contributed by atoms with E-state index in [9.17, 15) is 5.11 Å². The van der Waals surface area contributed by atoms with Gasteiger partial charge in [0.15, 0.2) is 0 Å². The molecule has 12 heavy (non-hydrogen) atoms. The Labute approximate surface area is 75.2 Å². The zero-order valence-electron chi connectivity index (χ0n) is 6.60. The van der Waals surface area contributed by atoms with Crippen LogP contribution in [-0.2, 0) is 5.60 Å². The molecule has 2 rings (SSSR count). The van der Waals surface area contributed by atoms with Crippen LogP contribution in [0.25, 0.3) is 0 Å². The average molecular weight is 182 g/mol. The topological polar surface area (TPSA) is 46.0 Å². The maximum absolute atomic E-state index is 10.1. The summed E-state index contributed by atoms with van der Waals surface area (Å²) in [6, 6.07) is 0. The summed E-state index contributed by atoms with van der Waals surface area (Å²) in [6.45, 7) is 0. The Hall–Kier alpha value is -0.610. The van der Waals surface area contributed by atoms with Crippen LogP contribution in [0.15, 0.2) is 18.7 Å². The molecule has 64 valence electrons. The zero-order chi connectivity index (χ0) is 8.44. The van der Waals surface area contributed by atoms with E-state index in [2.05, 4.69) is 9.97 Å². The molecule has 1 fully saturated rings. The first-order valence-electron chi connectivity index (χ1n) is 3.87. The largest absolute Gasteiger partial charge is 0.384 e. The number of rotatable bonds is 1. The maximum atomic E-state index is 10.1. The Bertz CT molecular complexity index is 259. The number of aromatic nitrogens is 2. The van der Waals surface area contributed by atoms with E-state index in [-0.39, 0.29) is 0 Å². The summed E-state index contributed by atoms with van der Waals surface area (Å²) in [7, 11) is 0.